The fourth-order valence-corrected chi connectivity index (χ4v) is 2.48. The molecule has 1 N–H and O–H groups in total. The third-order valence-corrected chi connectivity index (χ3v) is 3.56. The van der Waals surface area contributed by atoms with Crippen LogP contribution in [0.5, 0.6) is 5.75 Å². The molecule has 0 heterocycles. The SMILES string of the molecule is CCOc1ccc(C(C)=O)cc1CSCCCO. The van der Waals surface area contributed by atoms with Gasteiger partial charge in [-0.15, -0.1) is 0 Å². The number of carbonyl (C=O) groups excluding carboxylic acids is 1. The lowest BCUT2D eigenvalue weighted by molar-refractivity contribution is 0.101. The molecule has 0 saturated carbocycles. The van der Waals surface area contributed by atoms with Crippen molar-refractivity contribution in [1.82, 2.24) is 0 Å². The molecule has 0 bridgehead atoms. The molecule has 3 nitrogen and oxygen atoms in total. The fourth-order valence-electron chi connectivity index (χ4n) is 1.56. The highest BCUT2D eigenvalue weighted by molar-refractivity contribution is 7.98. The number of hydrogen-bond donors (Lipinski definition) is 1. The number of ketones is 1. The monoisotopic (exact) mass is 268 g/mol. The van der Waals surface area contributed by atoms with Crippen molar-refractivity contribution in [3.63, 3.8) is 0 Å². The Balaban J connectivity index is 2.75. The van der Waals surface area contributed by atoms with Crippen LogP contribution in [0, 0.1) is 0 Å². The number of ether oxygens (including phenoxy) is 1. The van der Waals surface area contributed by atoms with Gasteiger partial charge in [-0.3, -0.25) is 4.79 Å². The summed E-state index contributed by atoms with van der Waals surface area (Å²) < 4.78 is 5.55. The highest BCUT2D eigenvalue weighted by Gasteiger charge is 2.07. The predicted octanol–water partition coefficient (Wildman–Crippen LogP) is 2.90. The lowest BCUT2D eigenvalue weighted by Gasteiger charge is -2.11. The Morgan fingerprint density at radius 2 is 2.22 bits per heavy atom. The first kappa shape index (κ1) is 15.1. The van der Waals surface area contributed by atoms with E-state index in [0.717, 1.165) is 34.8 Å². The van der Waals surface area contributed by atoms with Gasteiger partial charge in [0, 0.05) is 23.5 Å². The average Bonchev–Trinajstić information content (AvgIpc) is 2.36. The molecule has 18 heavy (non-hydrogen) atoms. The Bertz CT molecular complexity index is 391. The molecule has 0 aromatic heterocycles. The molecule has 0 atom stereocenters. The molecule has 1 aromatic rings. The first-order valence-corrected chi connectivity index (χ1v) is 7.29. The third kappa shape index (κ3) is 4.70. The van der Waals surface area contributed by atoms with Gasteiger partial charge in [-0.1, -0.05) is 0 Å². The molecular weight excluding hydrogens is 248 g/mol. The smallest absolute Gasteiger partial charge is 0.159 e. The molecule has 1 aromatic carbocycles. The van der Waals surface area contributed by atoms with Crippen LogP contribution in [0.25, 0.3) is 0 Å². The Hall–Kier alpha value is -1.00. The van der Waals surface area contributed by atoms with Crippen LogP contribution in [0.1, 0.15) is 36.2 Å². The van der Waals surface area contributed by atoms with Gasteiger partial charge >= 0.3 is 0 Å². The van der Waals surface area contributed by atoms with Crippen molar-refractivity contribution in [2.24, 2.45) is 0 Å². The van der Waals surface area contributed by atoms with Gasteiger partial charge in [-0.2, -0.15) is 11.8 Å². The standard InChI is InChI=1S/C14H20O3S/c1-3-17-14-6-5-12(11(2)16)9-13(14)10-18-8-4-7-15/h5-6,9,15H,3-4,7-8,10H2,1-2H3. The summed E-state index contributed by atoms with van der Waals surface area (Å²) in [5.74, 6) is 2.63. The minimum atomic E-state index is 0.0691. The van der Waals surface area contributed by atoms with Crippen LogP contribution in [0.4, 0.5) is 0 Å². The normalized spacial score (nSPS) is 10.4. The van der Waals surface area contributed by atoms with Crippen LogP contribution in [0.15, 0.2) is 18.2 Å². The second kappa shape index (κ2) is 8.16. The first-order valence-electron chi connectivity index (χ1n) is 6.14. The molecule has 0 unspecified atom stereocenters. The maximum absolute atomic E-state index is 11.4. The van der Waals surface area contributed by atoms with E-state index in [4.69, 9.17) is 9.84 Å². The van der Waals surface area contributed by atoms with E-state index in [9.17, 15) is 4.79 Å². The molecule has 0 amide bonds. The quantitative estimate of drug-likeness (QED) is 0.581. The predicted molar refractivity (Wildman–Crippen MR) is 75.5 cm³/mol. The van der Waals surface area contributed by atoms with Crippen molar-refractivity contribution in [3.8, 4) is 5.75 Å². The van der Waals surface area contributed by atoms with Gasteiger partial charge in [-0.25, -0.2) is 0 Å². The molecule has 100 valence electrons. The van der Waals surface area contributed by atoms with Gasteiger partial charge in [-0.05, 0) is 44.2 Å². The summed E-state index contributed by atoms with van der Waals surface area (Å²) in [4.78, 5) is 11.4. The summed E-state index contributed by atoms with van der Waals surface area (Å²) in [6, 6.07) is 5.57. The van der Waals surface area contributed by atoms with Gasteiger partial charge in [0.25, 0.3) is 0 Å². The largest absolute Gasteiger partial charge is 0.494 e. The van der Waals surface area contributed by atoms with Crippen LogP contribution in [-0.4, -0.2) is 29.9 Å². The molecule has 0 aliphatic heterocycles. The number of carbonyl (C=O) groups is 1. The molecule has 0 spiro atoms. The van der Waals surface area contributed by atoms with Crippen molar-refractivity contribution in [2.45, 2.75) is 26.0 Å². The maximum atomic E-state index is 11.4. The molecule has 0 radical (unpaired) electrons. The number of Topliss-reactive ketones (excluding diaryl/α,β-unsaturated/α-hetero) is 1. The van der Waals surface area contributed by atoms with Gasteiger partial charge in [0.15, 0.2) is 5.78 Å². The van der Waals surface area contributed by atoms with Crippen molar-refractivity contribution in [2.75, 3.05) is 19.0 Å². The van der Waals surface area contributed by atoms with Crippen LogP contribution < -0.4 is 4.74 Å². The lowest BCUT2D eigenvalue weighted by Crippen LogP contribution is -2.00. The number of rotatable bonds is 8. The van der Waals surface area contributed by atoms with Crippen LogP contribution >= 0.6 is 11.8 Å². The number of thioether (sulfide) groups is 1. The van der Waals surface area contributed by atoms with Crippen LogP contribution in [-0.2, 0) is 5.75 Å². The number of benzene rings is 1. The molecule has 4 heteroatoms. The fraction of sp³-hybridized carbons (Fsp3) is 0.500. The van der Waals surface area contributed by atoms with E-state index in [2.05, 4.69) is 0 Å². The van der Waals surface area contributed by atoms with Gasteiger partial charge in [0.1, 0.15) is 5.75 Å². The highest BCUT2D eigenvalue weighted by Crippen LogP contribution is 2.25. The van der Waals surface area contributed by atoms with E-state index in [-0.39, 0.29) is 12.4 Å². The second-order valence-electron chi connectivity index (χ2n) is 3.94. The zero-order chi connectivity index (χ0) is 13.4. The molecule has 0 fully saturated rings. The summed E-state index contributed by atoms with van der Waals surface area (Å²) in [5, 5.41) is 8.74. The highest BCUT2D eigenvalue weighted by atomic mass is 32.2. The molecule has 1 rings (SSSR count). The maximum Gasteiger partial charge on any atom is 0.159 e. The van der Waals surface area contributed by atoms with E-state index >= 15 is 0 Å². The topological polar surface area (TPSA) is 46.5 Å². The van der Waals surface area contributed by atoms with Crippen LogP contribution in [0.3, 0.4) is 0 Å². The number of hydrogen-bond acceptors (Lipinski definition) is 4. The van der Waals surface area contributed by atoms with E-state index in [0.29, 0.717) is 6.61 Å². The summed E-state index contributed by atoms with van der Waals surface area (Å²) in [5.41, 5.74) is 1.77. The van der Waals surface area contributed by atoms with Gasteiger partial charge in [0.05, 0.1) is 6.61 Å². The summed E-state index contributed by atoms with van der Waals surface area (Å²) in [7, 11) is 0. The molecule has 0 aliphatic rings. The lowest BCUT2D eigenvalue weighted by atomic mass is 10.1. The van der Waals surface area contributed by atoms with Crippen molar-refractivity contribution in [3.05, 3.63) is 29.3 Å². The van der Waals surface area contributed by atoms with Crippen molar-refractivity contribution >= 4 is 17.5 Å². The van der Waals surface area contributed by atoms with Crippen molar-refractivity contribution in [1.29, 1.82) is 0 Å². The third-order valence-electron chi connectivity index (χ3n) is 2.47. The van der Waals surface area contributed by atoms with E-state index in [1.807, 2.05) is 19.1 Å². The number of aliphatic hydroxyl groups excluding tert-OH is 1. The second-order valence-corrected chi connectivity index (χ2v) is 5.05. The Kier molecular flexibility index (Phi) is 6.83. The van der Waals surface area contributed by atoms with E-state index in [1.165, 1.54) is 0 Å². The van der Waals surface area contributed by atoms with Gasteiger partial charge < -0.3 is 9.84 Å². The number of aliphatic hydroxyl groups is 1. The zero-order valence-electron chi connectivity index (χ0n) is 10.9. The minimum Gasteiger partial charge on any atom is -0.494 e. The Labute approximate surface area is 113 Å². The minimum absolute atomic E-state index is 0.0691. The summed E-state index contributed by atoms with van der Waals surface area (Å²) in [6.45, 7) is 4.35. The molecule has 0 aliphatic carbocycles. The molecule has 0 saturated heterocycles. The average molecular weight is 268 g/mol. The summed E-state index contributed by atoms with van der Waals surface area (Å²) >= 11 is 1.74. The van der Waals surface area contributed by atoms with E-state index < -0.39 is 0 Å². The zero-order valence-corrected chi connectivity index (χ0v) is 11.8. The Morgan fingerprint density at radius 3 is 2.83 bits per heavy atom. The van der Waals surface area contributed by atoms with Crippen molar-refractivity contribution < 1.29 is 14.6 Å². The Morgan fingerprint density at radius 1 is 1.44 bits per heavy atom. The first-order chi connectivity index (χ1) is 8.69. The van der Waals surface area contributed by atoms with E-state index in [1.54, 1.807) is 24.8 Å². The summed E-state index contributed by atoms with van der Waals surface area (Å²) in [6.07, 6.45) is 0.793. The molecular formula is C14H20O3S. The van der Waals surface area contributed by atoms with Crippen LogP contribution in [0.2, 0.25) is 0 Å². The van der Waals surface area contributed by atoms with Gasteiger partial charge in [0.2, 0.25) is 0 Å².